The lowest BCUT2D eigenvalue weighted by atomic mass is 10.1. The van der Waals surface area contributed by atoms with Crippen molar-refractivity contribution in [3.8, 4) is 0 Å². The van der Waals surface area contributed by atoms with E-state index in [0.29, 0.717) is 11.3 Å². The zero-order chi connectivity index (χ0) is 18.4. The average Bonchev–Trinajstić information content (AvgIpc) is 2.54. The van der Waals surface area contributed by atoms with Gasteiger partial charge in [-0.1, -0.05) is 35.9 Å². The molecule has 2 aromatic rings. The van der Waals surface area contributed by atoms with Crippen LogP contribution in [-0.4, -0.2) is 38.0 Å². The zero-order valence-electron chi connectivity index (χ0n) is 14.2. The summed E-state index contributed by atoms with van der Waals surface area (Å²) in [7, 11) is -3.59. The summed E-state index contributed by atoms with van der Waals surface area (Å²) in [5, 5.41) is 2.66. The summed E-state index contributed by atoms with van der Waals surface area (Å²) in [6.07, 6.45) is 1.23. The number of amides is 1. The third-order valence-electron chi connectivity index (χ3n) is 3.71. The van der Waals surface area contributed by atoms with E-state index in [9.17, 15) is 17.6 Å². The number of anilines is 1. The second kappa shape index (κ2) is 8.22. The largest absolute Gasteiger partial charge is 0.325 e. The molecule has 2 aromatic carbocycles. The lowest BCUT2D eigenvalue weighted by molar-refractivity contribution is -0.116. The third-order valence-corrected chi connectivity index (χ3v) is 4.96. The van der Waals surface area contributed by atoms with Crippen LogP contribution < -0.4 is 5.32 Å². The molecule has 0 saturated carbocycles. The van der Waals surface area contributed by atoms with Crippen molar-refractivity contribution < 1.29 is 17.6 Å². The Morgan fingerprint density at radius 2 is 1.76 bits per heavy atom. The summed E-state index contributed by atoms with van der Waals surface area (Å²) in [6.45, 7) is 1.64. The van der Waals surface area contributed by atoms with Gasteiger partial charge in [-0.05, 0) is 37.1 Å². The molecule has 1 N–H and O–H groups in total. The second-order valence-corrected chi connectivity index (χ2v) is 7.83. The van der Waals surface area contributed by atoms with Crippen molar-refractivity contribution in [1.82, 2.24) is 4.31 Å². The van der Waals surface area contributed by atoms with Gasteiger partial charge in [0.15, 0.2) is 0 Å². The molecule has 0 aliphatic carbocycles. The Morgan fingerprint density at radius 3 is 2.36 bits per heavy atom. The Hall–Kier alpha value is -2.25. The molecule has 0 spiro atoms. The van der Waals surface area contributed by atoms with Gasteiger partial charge in [0.05, 0.1) is 12.8 Å². The Labute approximate surface area is 147 Å². The molecule has 0 aliphatic heterocycles. The predicted octanol–water partition coefficient (Wildman–Crippen LogP) is 2.58. The first kappa shape index (κ1) is 19.1. The van der Waals surface area contributed by atoms with E-state index < -0.39 is 15.9 Å². The fourth-order valence-electron chi connectivity index (χ4n) is 2.31. The maximum absolute atomic E-state index is 13.7. The molecule has 2 rings (SSSR count). The van der Waals surface area contributed by atoms with Gasteiger partial charge >= 0.3 is 0 Å². The van der Waals surface area contributed by atoms with Crippen LogP contribution >= 0.6 is 0 Å². The molecule has 1 amide bonds. The van der Waals surface area contributed by atoms with Gasteiger partial charge in [-0.15, -0.1) is 0 Å². The van der Waals surface area contributed by atoms with Crippen LogP contribution in [0.3, 0.4) is 0 Å². The number of carbonyl (C=O) groups is 1. The number of hydrogen-bond donors (Lipinski definition) is 1. The first-order valence-corrected chi connectivity index (χ1v) is 9.65. The van der Waals surface area contributed by atoms with Crippen LogP contribution in [0.4, 0.5) is 10.1 Å². The van der Waals surface area contributed by atoms with Gasteiger partial charge in [-0.3, -0.25) is 4.79 Å². The van der Waals surface area contributed by atoms with Crippen molar-refractivity contribution in [2.24, 2.45) is 0 Å². The molecule has 0 heterocycles. The molecule has 0 aliphatic rings. The first-order valence-electron chi connectivity index (χ1n) is 7.81. The van der Waals surface area contributed by atoms with Gasteiger partial charge in [0.1, 0.15) is 5.82 Å². The minimum absolute atomic E-state index is 0.0289. The third kappa shape index (κ3) is 5.95. The highest BCUT2D eigenvalue weighted by Gasteiger charge is 2.20. The highest BCUT2D eigenvalue weighted by molar-refractivity contribution is 7.88. The number of hydrogen-bond acceptors (Lipinski definition) is 3. The predicted molar refractivity (Wildman–Crippen MR) is 96.3 cm³/mol. The molecular weight excluding hydrogens is 343 g/mol. The Balaban J connectivity index is 2.01. The van der Waals surface area contributed by atoms with Crippen LogP contribution in [0.2, 0.25) is 0 Å². The molecule has 5 nitrogen and oxygen atoms in total. The number of aryl methyl sites for hydroxylation is 1. The molecule has 0 atom stereocenters. The average molecular weight is 364 g/mol. The topological polar surface area (TPSA) is 66.5 Å². The number of sulfonamides is 1. The van der Waals surface area contributed by atoms with Gasteiger partial charge < -0.3 is 5.32 Å². The standard InChI is InChI=1S/C18H21FN2O3S/c1-14-7-9-16(10-8-14)20-18(22)13-21(25(2,23)24)12-11-15-5-3-4-6-17(15)19/h3-10H,11-13H2,1-2H3,(H,20,22). The molecule has 0 saturated heterocycles. The summed E-state index contributed by atoms with van der Waals surface area (Å²) in [6, 6.07) is 13.4. The highest BCUT2D eigenvalue weighted by atomic mass is 32.2. The maximum atomic E-state index is 13.7. The number of nitrogens with zero attached hydrogens (tertiary/aromatic N) is 1. The van der Waals surface area contributed by atoms with E-state index in [4.69, 9.17) is 0 Å². The second-order valence-electron chi connectivity index (χ2n) is 5.85. The van der Waals surface area contributed by atoms with Crippen molar-refractivity contribution in [2.45, 2.75) is 13.3 Å². The van der Waals surface area contributed by atoms with Crippen molar-refractivity contribution in [3.63, 3.8) is 0 Å². The lowest BCUT2D eigenvalue weighted by Crippen LogP contribution is -2.38. The number of benzene rings is 2. The highest BCUT2D eigenvalue weighted by Crippen LogP contribution is 2.11. The molecule has 0 aromatic heterocycles. The van der Waals surface area contributed by atoms with Crippen LogP contribution in [0.15, 0.2) is 48.5 Å². The Bertz CT molecular complexity index is 836. The Kier molecular flexibility index (Phi) is 6.27. The monoisotopic (exact) mass is 364 g/mol. The number of nitrogens with one attached hydrogen (secondary N) is 1. The van der Waals surface area contributed by atoms with Gasteiger partial charge in [-0.25, -0.2) is 12.8 Å². The molecular formula is C18H21FN2O3S. The molecule has 0 radical (unpaired) electrons. The molecule has 0 bridgehead atoms. The summed E-state index contributed by atoms with van der Waals surface area (Å²) in [5.74, 6) is -0.831. The summed E-state index contributed by atoms with van der Waals surface area (Å²) in [4.78, 5) is 12.1. The van der Waals surface area contributed by atoms with Crippen LogP contribution in [0.1, 0.15) is 11.1 Å². The van der Waals surface area contributed by atoms with E-state index in [2.05, 4.69) is 5.32 Å². The lowest BCUT2D eigenvalue weighted by Gasteiger charge is -2.19. The smallest absolute Gasteiger partial charge is 0.239 e. The van der Waals surface area contributed by atoms with Crippen molar-refractivity contribution in [3.05, 3.63) is 65.5 Å². The quantitative estimate of drug-likeness (QED) is 0.821. The van der Waals surface area contributed by atoms with Crippen LogP contribution in [-0.2, 0) is 21.2 Å². The minimum Gasteiger partial charge on any atom is -0.325 e. The Morgan fingerprint density at radius 1 is 1.12 bits per heavy atom. The van der Waals surface area contributed by atoms with E-state index in [1.807, 2.05) is 19.1 Å². The van der Waals surface area contributed by atoms with Crippen LogP contribution in [0.25, 0.3) is 0 Å². The van der Waals surface area contributed by atoms with E-state index in [1.54, 1.807) is 30.3 Å². The fraction of sp³-hybridized carbons (Fsp3) is 0.278. The van der Waals surface area contributed by atoms with E-state index in [0.717, 1.165) is 16.1 Å². The summed E-state index contributed by atoms with van der Waals surface area (Å²) < 4.78 is 38.6. The van der Waals surface area contributed by atoms with E-state index >= 15 is 0 Å². The van der Waals surface area contributed by atoms with Gasteiger partial charge in [0, 0.05) is 12.2 Å². The fourth-order valence-corrected chi connectivity index (χ4v) is 3.08. The molecule has 7 heteroatoms. The number of carbonyl (C=O) groups excluding carboxylic acids is 1. The normalized spacial score (nSPS) is 11.5. The van der Waals surface area contributed by atoms with Gasteiger partial charge in [-0.2, -0.15) is 4.31 Å². The van der Waals surface area contributed by atoms with E-state index in [-0.39, 0.29) is 25.3 Å². The summed E-state index contributed by atoms with van der Waals surface area (Å²) in [5.41, 5.74) is 2.06. The maximum Gasteiger partial charge on any atom is 0.239 e. The van der Waals surface area contributed by atoms with Gasteiger partial charge in [0.2, 0.25) is 15.9 Å². The van der Waals surface area contributed by atoms with E-state index in [1.165, 1.54) is 6.07 Å². The molecule has 25 heavy (non-hydrogen) atoms. The van der Waals surface area contributed by atoms with Crippen molar-refractivity contribution in [2.75, 3.05) is 24.7 Å². The summed E-state index contributed by atoms with van der Waals surface area (Å²) >= 11 is 0. The van der Waals surface area contributed by atoms with Gasteiger partial charge in [0.25, 0.3) is 0 Å². The molecule has 0 unspecified atom stereocenters. The molecule has 0 fully saturated rings. The van der Waals surface area contributed by atoms with Crippen molar-refractivity contribution in [1.29, 1.82) is 0 Å². The van der Waals surface area contributed by atoms with Crippen molar-refractivity contribution >= 4 is 21.6 Å². The van der Waals surface area contributed by atoms with Crippen LogP contribution in [0, 0.1) is 12.7 Å². The SMILES string of the molecule is Cc1ccc(NC(=O)CN(CCc2ccccc2F)S(C)(=O)=O)cc1. The minimum atomic E-state index is -3.59. The zero-order valence-corrected chi connectivity index (χ0v) is 15.0. The first-order chi connectivity index (χ1) is 11.8. The van der Waals surface area contributed by atoms with Crippen LogP contribution in [0.5, 0.6) is 0 Å². The number of halogens is 1. The molecule has 134 valence electrons. The number of rotatable bonds is 7.